The van der Waals surface area contributed by atoms with E-state index in [9.17, 15) is 4.79 Å². The molecule has 1 spiro atoms. The molecule has 138 valence electrons. The Morgan fingerprint density at radius 1 is 1.15 bits per heavy atom. The number of hydrogen-bond donors (Lipinski definition) is 1. The van der Waals surface area contributed by atoms with Crippen molar-refractivity contribution in [1.29, 1.82) is 0 Å². The van der Waals surface area contributed by atoms with E-state index in [1.54, 1.807) is 12.5 Å². The summed E-state index contributed by atoms with van der Waals surface area (Å²) in [6.45, 7) is 5.13. The van der Waals surface area contributed by atoms with Crippen molar-refractivity contribution in [3.05, 3.63) is 48.2 Å². The van der Waals surface area contributed by atoms with E-state index < -0.39 is 0 Å². The Labute approximate surface area is 157 Å². The highest BCUT2D eigenvalue weighted by atomic mass is 16.2. The number of anilines is 1. The van der Waals surface area contributed by atoms with Crippen molar-refractivity contribution in [2.24, 2.45) is 5.41 Å². The van der Waals surface area contributed by atoms with Crippen molar-refractivity contribution in [2.45, 2.75) is 19.8 Å². The highest BCUT2D eigenvalue weighted by Gasteiger charge is 2.48. The van der Waals surface area contributed by atoms with Gasteiger partial charge in [0, 0.05) is 55.2 Å². The molecule has 27 heavy (non-hydrogen) atoms. The minimum atomic E-state index is 0.100. The number of carbonyl (C=O) groups excluding carboxylic acids is 1. The third kappa shape index (κ3) is 2.93. The van der Waals surface area contributed by atoms with E-state index in [0.29, 0.717) is 6.54 Å². The number of aromatic nitrogens is 4. The van der Waals surface area contributed by atoms with Gasteiger partial charge in [-0.25, -0.2) is 9.97 Å². The minimum absolute atomic E-state index is 0.100. The molecule has 2 aliphatic rings. The Kier molecular flexibility index (Phi) is 3.63. The van der Waals surface area contributed by atoms with Crippen LogP contribution in [0, 0.1) is 12.3 Å². The fourth-order valence-corrected chi connectivity index (χ4v) is 4.08. The zero-order valence-electron chi connectivity index (χ0n) is 15.4. The second-order valence-corrected chi connectivity index (χ2v) is 7.77. The number of nitrogens with zero attached hydrogens (tertiary/aromatic N) is 5. The molecule has 4 heterocycles. The van der Waals surface area contributed by atoms with Gasteiger partial charge >= 0.3 is 0 Å². The summed E-state index contributed by atoms with van der Waals surface area (Å²) in [6.07, 6.45) is 7.54. The van der Waals surface area contributed by atoms with Crippen LogP contribution in [0.1, 0.15) is 28.9 Å². The molecule has 1 aliphatic carbocycles. The fraction of sp³-hybridized carbons (Fsp3) is 0.400. The summed E-state index contributed by atoms with van der Waals surface area (Å²) >= 11 is 0. The van der Waals surface area contributed by atoms with E-state index in [-0.39, 0.29) is 11.3 Å². The van der Waals surface area contributed by atoms with Crippen LogP contribution in [-0.2, 0) is 0 Å². The number of aryl methyl sites for hydroxylation is 1. The Bertz CT molecular complexity index is 1010. The molecule has 2 fully saturated rings. The second-order valence-electron chi connectivity index (χ2n) is 7.77. The van der Waals surface area contributed by atoms with E-state index in [1.807, 2.05) is 36.2 Å². The van der Waals surface area contributed by atoms with Crippen molar-refractivity contribution in [3.8, 4) is 0 Å². The smallest absolute Gasteiger partial charge is 0.254 e. The lowest BCUT2D eigenvalue weighted by Crippen LogP contribution is -2.36. The number of rotatable bonds is 2. The van der Waals surface area contributed by atoms with Gasteiger partial charge in [-0.05, 0) is 38.0 Å². The number of fused-ring (bicyclic) bond motifs is 1. The summed E-state index contributed by atoms with van der Waals surface area (Å²) in [4.78, 5) is 33.6. The first-order chi connectivity index (χ1) is 13.1. The van der Waals surface area contributed by atoms with E-state index in [1.165, 1.54) is 0 Å². The highest BCUT2D eigenvalue weighted by molar-refractivity contribution is 5.94. The van der Waals surface area contributed by atoms with Gasteiger partial charge < -0.3 is 14.8 Å². The number of nitrogens with one attached hydrogen (secondary N) is 1. The molecule has 1 aliphatic heterocycles. The molecule has 3 aromatic heterocycles. The lowest BCUT2D eigenvalue weighted by Gasteiger charge is -2.25. The van der Waals surface area contributed by atoms with Gasteiger partial charge in [0.1, 0.15) is 17.8 Å². The van der Waals surface area contributed by atoms with Gasteiger partial charge in [-0.1, -0.05) is 0 Å². The molecule has 1 saturated carbocycles. The van der Waals surface area contributed by atoms with Crippen LogP contribution in [0.3, 0.4) is 0 Å². The summed E-state index contributed by atoms with van der Waals surface area (Å²) in [6, 6.07) is 5.71. The maximum atomic E-state index is 13.1. The number of carbonyl (C=O) groups is 1. The maximum absolute atomic E-state index is 13.1. The standard InChI is InChI=1S/C20H22N6O/c1-14-10-15(2-6-21-14)19(27)26-9-8-25(11-20(12-26)4-5-20)18-16-3-7-22-17(16)23-13-24-18/h2-3,6-7,10,13H,4-5,8-9,11-12H2,1H3,(H,22,23,24). The Morgan fingerprint density at radius 3 is 2.85 bits per heavy atom. The first kappa shape index (κ1) is 16.2. The lowest BCUT2D eigenvalue weighted by molar-refractivity contribution is 0.0740. The van der Waals surface area contributed by atoms with Crippen molar-refractivity contribution in [2.75, 3.05) is 31.1 Å². The monoisotopic (exact) mass is 362 g/mol. The van der Waals surface area contributed by atoms with Crippen LogP contribution in [0.4, 0.5) is 5.82 Å². The molecule has 7 nitrogen and oxygen atoms in total. The summed E-state index contributed by atoms with van der Waals surface area (Å²) in [7, 11) is 0. The average Bonchev–Trinajstić information content (AvgIpc) is 3.32. The van der Waals surface area contributed by atoms with Gasteiger partial charge in [0.25, 0.3) is 5.91 Å². The Morgan fingerprint density at radius 2 is 2.04 bits per heavy atom. The molecule has 3 aromatic rings. The molecule has 0 bridgehead atoms. The largest absolute Gasteiger partial charge is 0.354 e. The number of pyridine rings is 1. The molecule has 0 aromatic carbocycles. The Balaban J connectivity index is 1.44. The van der Waals surface area contributed by atoms with E-state index in [4.69, 9.17) is 0 Å². The summed E-state index contributed by atoms with van der Waals surface area (Å²) < 4.78 is 0. The lowest BCUT2D eigenvalue weighted by atomic mass is 10.1. The van der Waals surface area contributed by atoms with Crippen LogP contribution in [0.25, 0.3) is 11.0 Å². The van der Waals surface area contributed by atoms with Crippen molar-refractivity contribution >= 4 is 22.8 Å². The van der Waals surface area contributed by atoms with Gasteiger partial charge in [0.05, 0.1) is 5.39 Å². The SMILES string of the molecule is Cc1cc(C(=O)N2CCN(c3ncnc4[nH]ccc34)CC3(CC3)C2)ccn1. The molecule has 0 radical (unpaired) electrons. The summed E-state index contributed by atoms with van der Waals surface area (Å²) in [5.74, 6) is 1.06. The quantitative estimate of drug-likeness (QED) is 0.757. The van der Waals surface area contributed by atoms with E-state index in [2.05, 4.69) is 24.8 Å². The molecular formula is C20H22N6O. The summed E-state index contributed by atoms with van der Waals surface area (Å²) in [5.41, 5.74) is 2.63. The number of H-pyrrole nitrogens is 1. The average molecular weight is 362 g/mol. The molecule has 7 heteroatoms. The molecule has 5 rings (SSSR count). The predicted octanol–water partition coefficient (Wildman–Crippen LogP) is 2.40. The normalized spacial score (nSPS) is 18.7. The fourth-order valence-electron chi connectivity index (χ4n) is 4.08. The van der Waals surface area contributed by atoms with Crippen LogP contribution >= 0.6 is 0 Å². The molecule has 0 atom stereocenters. The van der Waals surface area contributed by atoms with Crippen molar-refractivity contribution in [3.63, 3.8) is 0 Å². The van der Waals surface area contributed by atoms with Crippen LogP contribution < -0.4 is 4.90 Å². The zero-order chi connectivity index (χ0) is 18.4. The number of amides is 1. The minimum Gasteiger partial charge on any atom is -0.354 e. The molecular weight excluding hydrogens is 340 g/mol. The topological polar surface area (TPSA) is 78.0 Å². The Hall–Kier alpha value is -2.96. The van der Waals surface area contributed by atoms with Crippen LogP contribution in [0.15, 0.2) is 36.9 Å². The van der Waals surface area contributed by atoms with Gasteiger partial charge in [0.15, 0.2) is 0 Å². The van der Waals surface area contributed by atoms with Gasteiger partial charge in [-0.2, -0.15) is 0 Å². The number of aromatic amines is 1. The third-order valence-electron chi connectivity index (χ3n) is 5.71. The van der Waals surface area contributed by atoms with Gasteiger partial charge in [-0.3, -0.25) is 9.78 Å². The molecule has 1 amide bonds. The first-order valence-corrected chi connectivity index (χ1v) is 9.39. The second kappa shape index (κ2) is 6.04. The zero-order valence-corrected chi connectivity index (χ0v) is 15.4. The molecule has 1 N–H and O–H groups in total. The van der Waals surface area contributed by atoms with Crippen molar-refractivity contribution < 1.29 is 4.79 Å². The van der Waals surface area contributed by atoms with E-state index >= 15 is 0 Å². The summed E-state index contributed by atoms with van der Waals surface area (Å²) in [5, 5.41) is 1.04. The first-order valence-electron chi connectivity index (χ1n) is 9.39. The van der Waals surface area contributed by atoms with Crippen LogP contribution in [0.5, 0.6) is 0 Å². The third-order valence-corrected chi connectivity index (χ3v) is 5.71. The number of hydrogen-bond acceptors (Lipinski definition) is 5. The highest BCUT2D eigenvalue weighted by Crippen LogP contribution is 2.48. The van der Waals surface area contributed by atoms with Crippen molar-refractivity contribution in [1.82, 2.24) is 24.8 Å². The predicted molar refractivity (Wildman–Crippen MR) is 103 cm³/mol. The van der Waals surface area contributed by atoms with E-state index in [0.717, 1.165) is 60.6 Å². The molecule has 1 saturated heterocycles. The van der Waals surface area contributed by atoms with Gasteiger partial charge in [0.2, 0.25) is 0 Å². The van der Waals surface area contributed by atoms with Crippen LogP contribution in [-0.4, -0.2) is 56.9 Å². The van der Waals surface area contributed by atoms with Crippen LogP contribution in [0.2, 0.25) is 0 Å². The maximum Gasteiger partial charge on any atom is 0.254 e. The molecule has 0 unspecified atom stereocenters. The van der Waals surface area contributed by atoms with Gasteiger partial charge in [-0.15, -0.1) is 0 Å².